The Morgan fingerprint density at radius 1 is 1.29 bits per heavy atom. The number of hydrogen-bond donors (Lipinski definition) is 1. The molecule has 2 atom stereocenters. The van der Waals surface area contributed by atoms with Crippen molar-refractivity contribution in [3.63, 3.8) is 0 Å². The lowest BCUT2D eigenvalue weighted by Crippen LogP contribution is -2.24. The molecular formula is C17H29N3O. The van der Waals surface area contributed by atoms with Crippen molar-refractivity contribution < 1.29 is 4.74 Å². The second kappa shape index (κ2) is 7.85. The first-order valence-electron chi connectivity index (χ1n) is 8.28. The van der Waals surface area contributed by atoms with Crippen molar-refractivity contribution in [1.29, 1.82) is 0 Å². The number of hydrogen-bond acceptors (Lipinski definition) is 4. The minimum Gasteiger partial charge on any atom is -0.370 e. The fourth-order valence-corrected chi connectivity index (χ4v) is 2.93. The summed E-state index contributed by atoms with van der Waals surface area (Å²) in [7, 11) is 0. The zero-order valence-corrected chi connectivity index (χ0v) is 13.9. The van der Waals surface area contributed by atoms with Crippen molar-refractivity contribution in [2.75, 3.05) is 19.7 Å². The van der Waals surface area contributed by atoms with E-state index in [1.165, 1.54) is 12.0 Å². The third-order valence-corrected chi connectivity index (χ3v) is 4.13. The highest BCUT2D eigenvalue weighted by Crippen LogP contribution is 2.27. The Balaban J connectivity index is 2.02. The number of nitrogens with one attached hydrogen (secondary N) is 1. The van der Waals surface area contributed by atoms with Crippen LogP contribution in [0.15, 0.2) is 0 Å². The van der Waals surface area contributed by atoms with E-state index in [0.29, 0.717) is 5.92 Å². The average Bonchev–Trinajstić information content (AvgIpc) is 2.97. The maximum atomic E-state index is 5.70. The van der Waals surface area contributed by atoms with Gasteiger partial charge in [-0.2, -0.15) is 0 Å². The predicted molar refractivity (Wildman–Crippen MR) is 85.5 cm³/mol. The van der Waals surface area contributed by atoms with Crippen molar-refractivity contribution in [2.45, 2.75) is 59.5 Å². The van der Waals surface area contributed by atoms with Crippen LogP contribution < -0.4 is 5.32 Å². The summed E-state index contributed by atoms with van der Waals surface area (Å²) in [4.78, 5) is 9.42. The quantitative estimate of drug-likeness (QED) is 0.784. The van der Waals surface area contributed by atoms with E-state index in [0.717, 1.165) is 56.2 Å². The lowest BCUT2D eigenvalue weighted by atomic mass is 9.98. The van der Waals surface area contributed by atoms with E-state index >= 15 is 0 Å². The van der Waals surface area contributed by atoms with Crippen molar-refractivity contribution in [1.82, 2.24) is 15.3 Å². The minimum atomic E-state index is 0.111. The van der Waals surface area contributed by atoms with Crippen LogP contribution in [0.1, 0.15) is 62.0 Å². The Hall–Kier alpha value is -1.00. The summed E-state index contributed by atoms with van der Waals surface area (Å²) in [6, 6.07) is 0. The highest BCUT2D eigenvalue weighted by molar-refractivity contribution is 5.25. The Kier molecular flexibility index (Phi) is 6.12. The van der Waals surface area contributed by atoms with E-state index in [2.05, 4.69) is 33.0 Å². The van der Waals surface area contributed by atoms with E-state index < -0.39 is 0 Å². The zero-order valence-electron chi connectivity index (χ0n) is 13.9. The molecule has 1 aromatic rings. The minimum absolute atomic E-state index is 0.111. The van der Waals surface area contributed by atoms with E-state index in [-0.39, 0.29) is 6.10 Å². The molecule has 2 rings (SSSR count). The predicted octanol–water partition coefficient (Wildman–Crippen LogP) is 3.12. The molecule has 1 aromatic heterocycles. The molecule has 0 aromatic carbocycles. The third kappa shape index (κ3) is 4.48. The summed E-state index contributed by atoms with van der Waals surface area (Å²) in [6.45, 7) is 11.7. The molecule has 2 heterocycles. The Morgan fingerprint density at radius 2 is 2.00 bits per heavy atom. The first-order valence-corrected chi connectivity index (χ1v) is 8.28. The summed E-state index contributed by atoms with van der Waals surface area (Å²) in [6.07, 6.45) is 4.51. The van der Waals surface area contributed by atoms with Crippen LogP contribution in [0.2, 0.25) is 0 Å². The van der Waals surface area contributed by atoms with Gasteiger partial charge in [0, 0.05) is 18.0 Å². The number of rotatable bonds is 7. The van der Waals surface area contributed by atoms with Crippen LogP contribution in [0.5, 0.6) is 0 Å². The van der Waals surface area contributed by atoms with Gasteiger partial charge in [-0.3, -0.25) is 0 Å². The summed E-state index contributed by atoms with van der Waals surface area (Å²) in [5.74, 6) is 1.48. The van der Waals surface area contributed by atoms with Gasteiger partial charge >= 0.3 is 0 Å². The van der Waals surface area contributed by atoms with Gasteiger partial charge in [0.05, 0.1) is 0 Å². The number of aromatic nitrogens is 2. The standard InChI is InChI=1S/C17H29N3O/c1-5-8-18-11-12(2)10-15-13(3)19-17(20-14(15)4)16-7-6-9-21-16/h12,16,18H,5-11H2,1-4H3. The number of aryl methyl sites for hydroxylation is 2. The van der Waals surface area contributed by atoms with Crippen molar-refractivity contribution >= 4 is 0 Å². The summed E-state index contributed by atoms with van der Waals surface area (Å²) >= 11 is 0. The highest BCUT2D eigenvalue weighted by Gasteiger charge is 2.22. The Morgan fingerprint density at radius 3 is 2.57 bits per heavy atom. The topological polar surface area (TPSA) is 47.0 Å². The lowest BCUT2D eigenvalue weighted by Gasteiger charge is -2.17. The Bertz CT molecular complexity index is 432. The van der Waals surface area contributed by atoms with Gasteiger partial charge in [0.2, 0.25) is 0 Å². The largest absolute Gasteiger partial charge is 0.370 e. The van der Waals surface area contributed by atoms with Gasteiger partial charge in [-0.25, -0.2) is 9.97 Å². The zero-order chi connectivity index (χ0) is 15.2. The fourth-order valence-electron chi connectivity index (χ4n) is 2.93. The van der Waals surface area contributed by atoms with Gasteiger partial charge in [-0.05, 0) is 64.1 Å². The summed E-state index contributed by atoms with van der Waals surface area (Å²) in [5, 5.41) is 3.49. The molecule has 4 heteroatoms. The molecule has 1 saturated heterocycles. The number of nitrogens with zero attached hydrogens (tertiary/aromatic N) is 2. The monoisotopic (exact) mass is 291 g/mol. The molecular weight excluding hydrogens is 262 g/mol. The van der Waals surface area contributed by atoms with E-state index in [4.69, 9.17) is 14.7 Å². The molecule has 0 radical (unpaired) electrons. The molecule has 1 aliphatic rings. The summed E-state index contributed by atoms with van der Waals surface area (Å²) < 4.78 is 5.70. The normalized spacial score (nSPS) is 19.9. The molecule has 1 aliphatic heterocycles. The van der Waals surface area contributed by atoms with Gasteiger partial charge in [0.1, 0.15) is 6.10 Å². The maximum absolute atomic E-state index is 5.70. The van der Waals surface area contributed by atoms with Crippen LogP contribution in [0.25, 0.3) is 0 Å². The van der Waals surface area contributed by atoms with Crippen molar-refractivity contribution in [3.05, 3.63) is 22.8 Å². The molecule has 0 aliphatic carbocycles. The van der Waals surface area contributed by atoms with Crippen LogP contribution >= 0.6 is 0 Å². The summed E-state index contributed by atoms with van der Waals surface area (Å²) in [5.41, 5.74) is 3.55. The van der Waals surface area contributed by atoms with Gasteiger partial charge in [-0.1, -0.05) is 13.8 Å². The molecule has 0 spiro atoms. The van der Waals surface area contributed by atoms with E-state index in [9.17, 15) is 0 Å². The van der Waals surface area contributed by atoms with Gasteiger partial charge in [-0.15, -0.1) is 0 Å². The average molecular weight is 291 g/mol. The first-order chi connectivity index (χ1) is 10.1. The fraction of sp³-hybridized carbons (Fsp3) is 0.765. The maximum Gasteiger partial charge on any atom is 0.157 e. The van der Waals surface area contributed by atoms with E-state index in [1.54, 1.807) is 0 Å². The van der Waals surface area contributed by atoms with Gasteiger partial charge < -0.3 is 10.1 Å². The molecule has 0 amide bonds. The molecule has 4 nitrogen and oxygen atoms in total. The lowest BCUT2D eigenvalue weighted by molar-refractivity contribution is 0.104. The molecule has 118 valence electrons. The van der Waals surface area contributed by atoms with Crippen LogP contribution in [0.3, 0.4) is 0 Å². The van der Waals surface area contributed by atoms with Gasteiger partial charge in [0.25, 0.3) is 0 Å². The first kappa shape index (κ1) is 16.4. The smallest absolute Gasteiger partial charge is 0.157 e. The van der Waals surface area contributed by atoms with E-state index in [1.807, 2.05) is 0 Å². The molecule has 0 bridgehead atoms. The molecule has 0 saturated carbocycles. The Labute approximate surface area is 128 Å². The van der Waals surface area contributed by atoms with Crippen molar-refractivity contribution in [3.8, 4) is 0 Å². The molecule has 2 unspecified atom stereocenters. The SMILES string of the molecule is CCCNCC(C)Cc1c(C)nc(C2CCCO2)nc1C. The molecule has 1 N–H and O–H groups in total. The van der Waals surface area contributed by atoms with Crippen LogP contribution in [-0.2, 0) is 11.2 Å². The van der Waals surface area contributed by atoms with Gasteiger partial charge in [0.15, 0.2) is 5.82 Å². The molecule has 1 fully saturated rings. The second-order valence-corrected chi connectivity index (χ2v) is 6.25. The highest BCUT2D eigenvalue weighted by atomic mass is 16.5. The van der Waals surface area contributed by atoms with Crippen LogP contribution in [0, 0.1) is 19.8 Å². The number of ether oxygens (including phenoxy) is 1. The van der Waals surface area contributed by atoms with Crippen molar-refractivity contribution in [2.24, 2.45) is 5.92 Å². The third-order valence-electron chi connectivity index (χ3n) is 4.13. The second-order valence-electron chi connectivity index (χ2n) is 6.25. The molecule has 21 heavy (non-hydrogen) atoms. The van der Waals surface area contributed by atoms with Crippen LogP contribution in [0.4, 0.5) is 0 Å². The van der Waals surface area contributed by atoms with Crippen LogP contribution in [-0.4, -0.2) is 29.7 Å².